The van der Waals surface area contributed by atoms with E-state index in [-0.39, 0.29) is 11.9 Å². The van der Waals surface area contributed by atoms with Crippen LogP contribution in [0.3, 0.4) is 0 Å². The zero-order chi connectivity index (χ0) is 12.4. The third kappa shape index (κ3) is 2.81. The van der Waals surface area contributed by atoms with Gasteiger partial charge in [0, 0.05) is 12.1 Å². The van der Waals surface area contributed by atoms with E-state index in [0.29, 0.717) is 15.9 Å². The van der Waals surface area contributed by atoms with Gasteiger partial charge in [0.25, 0.3) is 5.91 Å². The first kappa shape index (κ1) is 12.9. The number of hydrogen-bond donors (Lipinski definition) is 1. The molecule has 3 nitrogen and oxygen atoms in total. The van der Waals surface area contributed by atoms with E-state index in [0.717, 1.165) is 12.8 Å². The Hall–Kier alpha value is -0.580. The predicted molar refractivity (Wildman–Crippen MR) is 71.9 cm³/mol. The lowest BCUT2D eigenvalue weighted by Gasteiger charge is -2.26. The van der Waals surface area contributed by atoms with E-state index in [2.05, 4.69) is 24.3 Å². The van der Waals surface area contributed by atoms with Crippen molar-refractivity contribution < 1.29 is 4.79 Å². The fraction of sp³-hybridized carbons (Fsp3) is 0.583. The highest BCUT2D eigenvalue weighted by molar-refractivity contribution is 7.12. The molecule has 0 bridgehead atoms. The quantitative estimate of drug-likeness (QED) is 0.917. The Kier molecular flexibility index (Phi) is 4.07. The van der Waals surface area contributed by atoms with Crippen molar-refractivity contribution in [2.24, 2.45) is 0 Å². The molecule has 1 fully saturated rings. The van der Waals surface area contributed by atoms with Crippen LogP contribution in [0.5, 0.6) is 0 Å². The maximum Gasteiger partial charge on any atom is 0.263 e. The number of carbonyl (C=O) groups is 1. The van der Waals surface area contributed by atoms with Crippen LogP contribution in [0.25, 0.3) is 0 Å². The molecule has 1 aromatic heterocycles. The van der Waals surface area contributed by atoms with Crippen LogP contribution in [-0.4, -0.2) is 37.0 Å². The van der Waals surface area contributed by atoms with Crippen LogP contribution in [0.2, 0.25) is 5.02 Å². The number of nitrogens with zero attached hydrogens (tertiary/aromatic N) is 1. The van der Waals surface area contributed by atoms with E-state index in [1.54, 1.807) is 6.07 Å². The van der Waals surface area contributed by atoms with Crippen molar-refractivity contribution in [2.75, 3.05) is 14.1 Å². The Balaban J connectivity index is 2.02. The molecule has 0 spiro atoms. The molecule has 0 radical (unpaired) electrons. The summed E-state index contributed by atoms with van der Waals surface area (Å²) in [6, 6.07) is 2.45. The van der Waals surface area contributed by atoms with Crippen molar-refractivity contribution in [3.63, 3.8) is 0 Å². The average molecular weight is 273 g/mol. The van der Waals surface area contributed by atoms with Gasteiger partial charge in [-0.2, -0.15) is 0 Å². The van der Waals surface area contributed by atoms with Crippen LogP contribution in [0, 0.1) is 0 Å². The van der Waals surface area contributed by atoms with Crippen LogP contribution < -0.4 is 5.32 Å². The van der Waals surface area contributed by atoms with Gasteiger partial charge in [-0.1, -0.05) is 11.6 Å². The van der Waals surface area contributed by atoms with Gasteiger partial charge in [0.15, 0.2) is 0 Å². The van der Waals surface area contributed by atoms with Gasteiger partial charge < -0.3 is 10.2 Å². The summed E-state index contributed by atoms with van der Waals surface area (Å²) in [6.45, 7) is 0. The minimum atomic E-state index is -0.0382. The van der Waals surface area contributed by atoms with Crippen LogP contribution >= 0.6 is 22.9 Å². The number of halogens is 1. The highest BCUT2D eigenvalue weighted by atomic mass is 35.5. The number of likely N-dealkylation sites (N-methyl/N-ethyl adjacent to an activating group) is 1. The van der Waals surface area contributed by atoms with E-state index in [4.69, 9.17) is 11.6 Å². The van der Waals surface area contributed by atoms with Gasteiger partial charge in [-0.25, -0.2) is 0 Å². The second kappa shape index (κ2) is 5.38. The van der Waals surface area contributed by atoms with E-state index in [1.807, 2.05) is 5.38 Å². The number of nitrogens with one attached hydrogen (secondary N) is 1. The molecule has 1 aliphatic carbocycles. The van der Waals surface area contributed by atoms with E-state index in [9.17, 15) is 4.79 Å². The number of thiophene rings is 1. The van der Waals surface area contributed by atoms with Crippen molar-refractivity contribution in [2.45, 2.75) is 31.3 Å². The summed E-state index contributed by atoms with van der Waals surface area (Å²) in [4.78, 5) is 14.9. The standard InChI is InChI=1S/C12H17ClN2OS/c1-15(2)10-5-3-4-9(10)14-12(16)11-8(13)6-7-17-11/h6-7,9-10H,3-5H2,1-2H3,(H,14,16)/t9-,10-/m1/s1. The lowest BCUT2D eigenvalue weighted by atomic mass is 10.1. The highest BCUT2D eigenvalue weighted by Gasteiger charge is 2.30. The molecule has 1 aliphatic rings. The third-order valence-electron chi connectivity index (χ3n) is 3.28. The topological polar surface area (TPSA) is 32.3 Å². The molecule has 0 saturated heterocycles. The van der Waals surface area contributed by atoms with Crippen molar-refractivity contribution in [1.29, 1.82) is 0 Å². The molecule has 2 atom stereocenters. The van der Waals surface area contributed by atoms with Crippen LogP contribution in [0.1, 0.15) is 28.9 Å². The number of amides is 1. The summed E-state index contributed by atoms with van der Waals surface area (Å²) in [5, 5.41) is 5.49. The second-order valence-electron chi connectivity index (χ2n) is 4.64. The zero-order valence-corrected chi connectivity index (χ0v) is 11.6. The zero-order valence-electron chi connectivity index (χ0n) is 10.1. The Labute approximate surface area is 111 Å². The van der Waals surface area contributed by atoms with Crippen molar-refractivity contribution in [1.82, 2.24) is 10.2 Å². The Morgan fingerprint density at radius 3 is 2.88 bits per heavy atom. The maximum atomic E-state index is 12.0. The molecule has 94 valence electrons. The molecule has 0 aliphatic heterocycles. The first-order chi connectivity index (χ1) is 8.09. The van der Waals surface area contributed by atoms with E-state index >= 15 is 0 Å². The van der Waals surface area contributed by atoms with Crippen LogP contribution in [0.15, 0.2) is 11.4 Å². The highest BCUT2D eigenvalue weighted by Crippen LogP contribution is 2.25. The first-order valence-electron chi connectivity index (χ1n) is 5.80. The molecule has 1 N–H and O–H groups in total. The van der Waals surface area contributed by atoms with Crippen LogP contribution in [-0.2, 0) is 0 Å². The van der Waals surface area contributed by atoms with Gasteiger partial charge in [0.2, 0.25) is 0 Å². The van der Waals surface area contributed by atoms with Crippen molar-refractivity contribution >= 4 is 28.8 Å². The molecule has 17 heavy (non-hydrogen) atoms. The van der Waals surface area contributed by atoms with Crippen LogP contribution in [0.4, 0.5) is 0 Å². The SMILES string of the molecule is CN(C)[C@@H]1CCC[C@H]1NC(=O)c1sccc1Cl. The van der Waals surface area contributed by atoms with Crippen molar-refractivity contribution in [3.05, 3.63) is 21.3 Å². The molecule has 5 heteroatoms. The molecular weight excluding hydrogens is 256 g/mol. The van der Waals surface area contributed by atoms with Gasteiger partial charge in [0.1, 0.15) is 4.88 Å². The summed E-state index contributed by atoms with van der Waals surface area (Å²) in [7, 11) is 4.13. The van der Waals surface area contributed by atoms with Gasteiger partial charge >= 0.3 is 0 Å². The fourth-order valence-electron chi connectivity index (χ4n) is 2.42. The second-order valence-corrected chi connectivity index (χ2v) is 5.96. The van der Waals surface area contributed by atoms with E-state index in [1.165, 1.54) is 17.8 Å². The minimum Gasteiger partial charge on any atom is -0.347 e. The Morgan fingerprint density at radius 2 is 2.29 bits per heavy atom. The largest absolute Gasteiger partial charge is 0.347 e. The van der Waals surface area contributed by atoms with E-state index < -0.39 is 0 Å². The average Bonchev–Trinajstić information content (AvgIpc) is 2.86. The summed E-state index contributed by atoms with van der Waals surface area (Å²) in [6.07, 6.45) is 3.37. The molecule has 1 aromatic rings. The number of hydrogen-bond acceptors (Lipinski definition) is 3. The number of rotatable bonds is 3. The molecular formula is C12H17ClN2OS. The lowest BCUT2D eigenvalue weighted by Crippen LogP contribution is -2.45. The number of carbonyl (C=O) groups excluding carboxylic acids is 1. The summed E-state index contributed by atoms with van der Waals surface area (Å²) >= 11 is 7.35. The normalized spacial score (nSPS) is 24.2. The molecule has 1 saturated carbocycles. The Bertz CT molecular complexity index is 405. The molecule has 1 amide bonds. The van der Waals surface area contributed by atoms with Gasteiger partial charge in [-0.3, -0.25) is 4.79 Å². The molecule has 0 aromatic carbocycles. The summed E-state index contributed by atoms with van der Waals surface area (Å²) in [5.41, 5.74) is 0. The molecule has 1 heterocycles. The monoisotopic (exact) mass is 272 g/mol. The maximum absolute atomic E-state index is 12.0. The fourth-order valence-corrected chi connectivity index (χ4v) is 3.46. The molecule has 2 rings (SSSR count). The smallest absolute Gasteiger partial charge is 0.263 e. The summed E-state index contributed by atoms with van der Waals surface area (Å²) in [5.74, 6) is -0.0382. The predicted octanol–water partition coefficient (Wildman–Crippen LogP) is 2.61. The lowest BCUT2D eigenvalue weighted by molar-refractivity contribution is 0.0923. The van der Waals surface area contributed by atoms with Gasteiger partial charge in [0.05, 0.1) is 5.02 Å². The summed E-state index contributed by atoms with van der Waals surface area (Å²) < 4.78 is 0. The first-order valence-corrected chi connectivity index (χ1v) is 7.05. The Morgan fingerprint density at radius 1 is 1.53 bits per heavy atom. The third-order valence-corrected chi connectivity index (χ3v) is 4.62. The van der Waals surface area contributed by atoms with Crippen molar-refractivity contribution in [3.8, 4) is 0 Å². The minimum absolute atomic E-state index is 0.0382. The molecule has 0 unspecified atom stereocenters. The van der Waals surface area contributed by atoms with Gasteiger partial charge in [-0.05, 0) is 44.8 Å². The van der Waals surface area contributed by atoms with Gasteiger partial charge in [-0.15, -0.1) is 11.3 Å².